The van der Waals surface area contributed by atoms with Gasteiger partial charge < -0.3 is 10.0 Å². The van der Waals surface area contributed by atoms with Gasteiger partial charge in [0.05, 0.1) is 6.61 Å². The Morgan fingerprint density at radius 2 is 1.58 bits per heavy atom. The molecule has 3 atom stereocenters. The molecule has 0 saturated carbocycles. The smallest absolute Gasteiger partial charge is 0.123 e. The van der Waals surface area contributed by atoms with Crippen LogP contribution in [0, 0.1) is 5.82 Å². The van der Waals surface area contributed by atoms with Crippen molar-refractivity contribution in [1.29, 1.82) is 0 Å². The number of aliphatic hydroxyl groups excluding tert-OH is 1. The highest BCUT2D eigenvalue weighted by Crippen LogP contribution is 2.42. The number of halogens is 1. The molecule has 26 heavy (non-hydrogen) atoms. The first-order valence-corrected chi connectivity index (χ1v) is 9.58. The van der Waals surface area contributed by atoms with Crippen molar-refractivity contribution in [2.75, 3.05) is 33.3 Å². The van der Waals surface area contributed by atoms with Gasteiger partial charge in [-0.3, -0.25) is 4.90 Å². The highest BCUT2D eigenvalue weighted by Gasteiger charge is 2.48. The molecule has 2 heterocycles. The fraction of sp³-hybridized carbons (Fsp3) is 0.455. The molecule has 0 radical (unpaired) electrons. The predicted molar refractivity (Wildman–Crippen MR) is 103 cm³/mol. The van der Waals surface area contributed by atoms with Gasteiger partial charge in [-0.15, -0.1) is 0 Å². The third kappa shape index (κ3) is 3.29. The van der Waals surface area contributed by atoms with Gasteiger partial charge in [-0.05, 0) is 61.8 Å². The Labute approximate surface area is 155 Å². The molecule has 0 unspecified atom stereocenters. The molecule has 4 rings (SSSR count). The Kier molecular flexibility index (Phi) is 5.07. The zero-order valence-electron chi connectivity index (χ0n) is 15.3. The minimum absolute atomic E-state index is 0.209. The van der Waals surface area contributed by atoms with E-state index in [2.05, 4.69) is 41.1 Å². The Bertz CT molecular complexity index is 731. The summed E-state index contributed by atoms with van der Waals surface area (Å²) in [6.45, 7) is 3.52. The van der Waals surface area contributed by atoms with Gasteiger partial charge in [-0.25, -0.2) is 4.39 Å². The van der Waals surface area contributed by atoms with Crippen molar-refractivity contribution in [2.24, 2.45) is 0 Å². The molecule has 0 aromatic heterocycles. The van der Waals surface area contributed by atoms with Crippen molar-refractivity contribution in [2.45, 2.75) is 30.8 Å². The average molecular weight is 354 g/mol. The molecule has 4 heteroatoms. The number of aliphatic hydroxyl groups is 1. The quantitative estimate of drug-likeness (QED) is 0.916. The van der Waals surface area contributed by atoms with Crippen LogP contribution < -0.4 is 0 Å². The molecule has 0 amide bonds. The summed E-state index contributed by atoms with van der Waals surface area (Å²) < 4.78 is 13.1. The van der Waals surface area contributed by atoms with E-state index in [0.717, 1.165) is 30.8 Å². The van der Waals surface area contributed by atoms with Crippen LogP contribution in [-0.4, -0.2) is 60.3 Å². The lowest BCUT2D eigenvalue weighted by Crippen LogP contribution is -2.67. The lowest BCUT2D eigenvalue weighted by molar-refractivity contribution is -0.0614. The summed E-state index contributed by atoms with van der Waals surface area (Å²) in [6.07, 6.45) is 2.43. The van der Waals surface area contributed by atoms with Crippen molar-refractivity contribution in [3.63, 3.8) is 0 Å². The molecule has 2 saturated heterocycles. The Morgan fingerprint density at radius 1 is 0.962 bits per heavy atom. The van der Waals surface area contributed by atoms with Crippen LogP contribution in [0.4, 0.5) is 4.39 Å². The van der Waals surface area contributed by atoms with E-state index in [1.807, 2.05) is 12.1 Å². The molecule has 0 bridgehead atoms. The molecule has 2 aliphatic rings. The van der Waals surface area contributed by atoms with Crippen LogP contribution in [0.2, 0.25) is 0 Å². The van der Waals surface area contributed by atoms with Gasteiger partial charge in [0.25, 0.3) is 0 Å². The Hall–Kier alpha value is -1.75. The highest BCUT2D eigenvalue weighted by atomic mass is 19.1. The number of hydrogen-bond donors (Lipinski definition) is 1. The van der Waals surface area contributed by atoms with E-state index in [4.69, 9.17) is 0 Å². The normalized spacial score (nSPS) is 27.3. The van der Waals surface area contributed by atoms with E-state index in [9.17, 15) is 9.50 Å². The molecular formula is C22H27FN2O. The third-order valence-electron chi connectivity index (χ3n) is 6.05. The largest absolute Gasteiger partial charge is 0.395 e. The topological polar surface area (TPSA) is 26.7 Å². The SMILES string of the molecule is CN1CCCCN2[C@H](CO)[C@@H](c3ccc(-c4ccc(F)cc4)cc3)[C@H]2C1. The van der Waals surface area contributed by atoms with E-state index in [1.54, 1.807) is 0 Å². The van der Waals surface area contributed by atoms with Crippen molar-refractivity contribution >= 4 is 0 Å². The number of hydrogen-bond acceptors (Lipinski definition) is 3. The molecule has 2 aliphatic heterocycles. The van der Waals surface area contributed by atoms with Gasteiger partial charge in [0.1, 0.15) is 5.82 Å². The Morgan fingerprint density at radius 3 is 2.23 bits per heavy atom. The van der Waals surface area contributed by atoms with Gasteiger partial charge in [0, 0.05) is 24.5 Å². The van der Waals surface area contributed by atoms with Crippen molar-refractivity contribution in [3.05, 3.63) is 59.9 Å². The second-order valence-corrected chi connectivity index (χ2v) is 7.68. The van der Waals surface area contributed by atoms with E-state index in [1.165, 1.54) is 30.5 Å². The minimum Gasteiger partial charge on any atom is -0.395 e. The number of benzene rings is 2. The van der Waals surface area contributed by atoms with Crippen LogP contribution in [0.5, 0.6) is 0 Å². The van der Waals surface area contributed by atoms with Crippen LogP contribution in [-0.2, 0) is 0 Å². The summed E-state index contributed by atoms with van der Waals surface area (Å²) in [5.74, 6) is 0.168. The first-order chi connectivity index (χ1) is 12.7. The molecule has 2 aromatic rings. The first kappa shape index (κ1) is 17.7. The maximum Gasteiger partial charge on any atom is 0.123 e. The monoisotopic (exact) mass is 354 g/mol. The van der Waals surface area contributed by atoms with Gasteiger partial charge >= 0.3 is 0 Å². The Balaban J connectivity index is 1.56. The van der Waals surface area contributed by atoms with Crippen LogP contribution >= 0.6 is 0 Å². The maximum absolute atomic E-state index is 13.1. The second kappa shape index (κ2) is 7.47. The summed E-state index contributed by atoms with van der Waals surface area (Å²) >= 11 is 0. The second-order valence-electron chi connectivity index (χ2n) is 7.68. The van der Waals surface area contributed by atoms with Crippen LogP contribution in [0.1, 0.15) is 24.3 Å². The van der Waals surface area contributed by atoms with Crippen LogP contribution in [0.15, 0.2) is 48.5 Å². The molecule has 0 spiro atoms. The average Bonchev–Trinajstić information content (AvgIpc) is 2.64. The summed E-state index contributed by atoms with van der Waals surface area (Å²) in [4.78, 5) is 4.92. The lowest BCUT2D eigenvalue weighted by Gasteiger charge is -2.57. The molecule has 2 fully saturated rings. The molecule has 0 aliphatic carbocycles. The molecule has 3 nitrogen and oxygen atoms in total. The molecular weight excluding hydrogens is 327 g/mol. The molecule has 1 N–H and O–H groups in total. The van der Waals surface area contributed by atoms with Crippen LogP contribution in [0.25, 0.3) is 11.1 Å². The van der Waals surface area contributed by atoms with E-state index >= 15 is 0 Å². The van der Waals surface area contributed by atoms with E-state index < -0.39 is 0 Å². The molecule has 138 valence electrons. The van der Waals surface area contributed by atoms with Gasteiger partial charge in [-0.2, -0.15) is 0 Å². The minimum atomic E-state index is -0.209. The third-order valence-corrected chi connectivity index (χ3v) is 6.05. The fourth-order valence-electron chi connectivity index (χ4n) is 4.65. The first-order valence-electron chi connectivity index (χ1n) is 9.58. The fourth-order valence-corrected chi connectivity index (χ4v) is 4.65. The van der Waals surface area contributed by atoms with Gasteiger partial charge in [-0.1, -0.05) is 36.4 Å². The summed E-state index contributed by atoms with van der Waals surface area (Å²) in [5.41, 5.74) is 3.42. The van der Waals surface area contributed by atoms with E-state index in [-0.39, 0.29) is 18.5 Å². The number of likely N-dealkylation sites (N-methyl/N-ethyl adjacent to an activating group) is 1. The van der Waals surface area contributed by atoms with Crippen LogP contribution in [0.3, 0.4) is 0 Å². The summed E-state index contributed by atoms with van der Waals surface area (Å²) in [6, 6.07) is 15.9. The molecule has 2 aromatic carbocycles. The number of nitrogens with zero attached hydrogens (tertiary/aromatic N) is 2. The van der Waals surface area contributed by atoms with Gasteiger partial charge in [0.15, 0.2) is 0 Å². The summed E-state index contributed by atoms with van der Waals surface area (Å²) in [7, 11) is 2.20. The van der Waals surface area contributed by atoms with E-state index in [0.29, 0.717) is 12.0 Å². The summed E-state index contributed by atoms with van der Waals surface area (Å²) in [5, 5.41) is 9.95. The van der Waals surface area contributed by atoms with Gasteiger partial charge in [0.2, 0.25) is 0 Å². The van der Waals surface area contributed by atoms with Crippen molar-refractivity contribution in [3.8, 4) is 11.1 Å². The zero-order valence-corrected chi connectivity index (χ0v) is 15.3. The van der Waals surface area contributed by atoms with Crippen molar-refractivity contribution < 1.29 is 9.50 Å². The number of fused-ring (bicyclic) bond motifs is 1. The number of rotatable bonds is 3. The predicted octanol–water partition coefficient (Wildman–Crippen LogP) is 3.35. The van der Waals surface area contributed by atoms with Crippen molar-refractivity contribution in [1.82, 2.24) is 9.80 Å². The maximum atomic E-state index is 13.1. The zero-order chi connectivity index (χ0) is 18.1. The highest BCUT2D eigenvalue weighted by molar-refractivity contribution is 5.63. The lowest BCUT2D eigenvalue weighted by atomic mass is 9.74. The standard InChI is InChI=1S/C22H27FN2O/c1-24-12-2-3-13-25-20(14-24)22(21(25)15-26)18-6-4-16(5-7-18)17-8-10-19(23)11-9-17/h4-11,20-22,26H,2-3,12-15H2,1H3/t20-,21-,22+/m1/s1.